The number of benzene rings is 1. The average Bonchev–Trinajstić information content (AvgIpc) is 2.86. The maximum Gasteiger partial charge on any atom is 0.251 e. The molecule has 0 atom stereocenters. The van der Waals surface area contributed by atoms with Crippen molar-refractivity contribution in [1.82, 2.24) is 4.57 Å². The van der Waals surface area contributed by atoms with E-state index in [0.717, 1.165) is 53.5 Å². The summed E-state index contributed by atoms with van der Waals surface area (Å²) >= 11 is 3.49. The Kier molecular flexibility index (Phi) is 7.30. The van der Waals surface area contributed by atoms with E-state index in [1.54, 1.807) is 0 Å². The first-order valence-electron chi connectivity index (χ1n) is 9.28. The molecule has 4 heteroatoms. The van der Waals surface area contributed by atoms with Crippen LogP contribution in [-0.4, -0.2) is 10.5 Å². The molecule has 0 unspecified atom stereocenters. The molecule has 0 aliphatic rings. The Morgan fingerprint density at radius 3 is 2.28 bits per heavy atom. The van der Waals surface area contributed by atoms with E-state index in [0.29, 0.717) is 5.56 Å². The van der Waals surface area contributed by atoms with Crippen molar-refractivity contribution in [2.75, 3.05) is 0 Å². The number of aromatic nitrogens is 1. The van der Waals surface area contributed by atoms with E-state index in [2.05, 4.69) is 46.5 Å². The molecule has 0 radical (unpaired) electrons. The van der Waals surface area contributed by atoms with Gasteiger partial charge in [-0.25, -0.2) is 0 Å². The summed E-state index contributed by atoms with van der Waals surface area (Å²) in [6, 6.07) is 8.18. The Balaban J connectivity index is 2.62. The molecule has 1 aromatic carbocycles. The lowest BCUT2D eigenvalue weighted by Crippen LogP contribution is -2.13. The smallest absolute Gasteiger partial charge is 0.251 e. The number of rotatable bonds is 9. The van der Waals surface area contributed by atoms with E-state index >= 15 is 0 Å². The number of amides is 1. The molecule has 3 nitrogen and oxygen atoms in total. The molecule has 0 aliphatic carbocycles. The molecule has 2 aromatic rings. The lowest BCUT2D eigenvalue weighted by molar-refractivity contribution is 0.1000. The predicted molar refractivity (Wildman–Crippen MR) is 109 cm³/mol. The first-order chi connectivity index (χ1) is 12.0. The summed E-state index contributed by atoms with van der Waals surface area (Å²) in [5.41, 5.74) is 10.8. The minimum Gasteiger partial charge on any atom is -0.366 e. The Morgan fingerprint density at radius 2 is 1.72 bits per heavy atom. The molecule has 25 heavy (non-hydrogen) atoms. The molecular formula is C21H29BrN2O. The molecule has 0 aliphatic heterocycles. The van der Waals surface area contributed by atoms with Crippen LogP contribution in [0.5, 0.6) is 0 Å². The molecule has 1 amide bonds. The fraction of sp³-hybridized carbons (Fsp3) is 0.476. The molecule has 0 bridgehead atoms. The van der Waals surface area contributed by atoms with E-state index in [1.807, 2.05) is 19.1 Å². The Hall–Kier alpha value is -1.55. The maximum absolute atomic E-state index is 12.3. The van der Waals surface area contributed by atoms with Crippen LogP contribution in [0.2, 0.25) is 0 Å². The van der Waals surface area contributed by atoms with Crippen molar-refractivity contribution < 1.29 is 4.79 Å². The number of carbonyl (C=O) groups is 1. The first kappa shape index (κ1) is 19.8. The zero-order valence-electron chi connectivity index (χ0n) is 15.6. The van der Waals surface area contributed by atoms with Gasteiger partial charge < -0.3 is 10.3 Å². The number of hydrogen-bond donors (Lipinski definition) is 1. The summed E-state index contributed by atoms with van der Waals surface area (Å²) < 4.78 is 3.36. The van der Waals surface area contributed by atoms with Gasteiger partial charge in [0.15, 0.2) is 0 Å². The lowest BCUT2D eigenvalue weighted by atomic mass is 9.97. The van der Waals surface area contributed by atoms with Gasteiger partial charge in [-0.1, -0.05) is 61.2 Å². The highest BCUT2D eigenvalue weighted by Crippen LogP contribution is 2.34. The van der Waals surface area contributed by atoms with Gasteiger partial charge in [0, 0.05) is 28.0 Å². The van der Waals surface area contributed by atoms with Crippen LogP contribution in [0.3, 0.4) is 0 Å². The van der Waals surface area contributed by atoms with Gasteiger partial charge in [0.05, 0.1) is 5.56 Å². The minimum atomic E-state index is -0.331. The van der Waals surface area contributed by atoms with Crippen LogP contribution in [0.15, 0.2) is 28.7 Å². The van der Waals surface area contributed by atoms with Crippen molar-refractivity contribution in [3.8, 4) is 11.1 Å². The second-order valence-corrected chi connectivity index (χ2v) is 7.53. The lowest BCUT2D eigenvalue weighted by Gasteiger charge is -2.13. The van der Waals surface area contributed by atoms with E-state index in [9.17, 15) is 4.79 Å². The van der Waals surface area contributed by atoms with Crippen LogP contribution in [0.25, 0.3) is 11.1 Å². The van der Waals surface area contributed by atoms with Gasteiger partial charge in [-0.15, -0.1) is 0 Å². The monoisotopic (exact) mass is 404 g/mol. The molecule has 1 heterocycles. The second kappa shape index (κ2) is 9.23. The van der Waals surface area contributed by atoms with E-state index in [1.165, 1.54) is 18.5 Å². The molecular weight excluding hydrogens is 376 g/mol. The zero-order chi connectivity index (χ0) is 18.4. The van der Waals surface area contributed by atoms with Crippen molar-refractivity contribution in [3.63, 3.8) is 0 Å². The highest BCUT2D eigenvalue weighted by Gasteiger charge is 2.24. The molecule has 0 spiro atoms. The summed E-state index contributed by atoms with van der Waals surface area (Å²) in [6.07, 6.45) is 6.74. The Bertz CT molecular complexity index is 716. The largest absolute Gasteiger partial charge is 0.366 e. The van der Waals surface area contributed by atoms with Gasteiger partial charge >= 0.3 is 0 Å². The second-order valence-electron chi connectivity index (χ2n) is 6.62. The molecule has 0 saturated carbocycles. The summed E-state index contributed by atoms with van der Waals surface area (Å²) in [7, 11) is 0. The third kappa shape index (κ3) is 4.55. The van der Waals surface area contributed by atoms with Gasteiger partial charge in [0.1, 0.15) is 0 Å². The van der Waals surface area contributed by atoms with Crippen molar-refractivity contribution >= 4 is 21.8 Å². The molecule has 2 N–H and O–H groups in total. The summed E-state index contributed by atoms with van der Waals surface area (Å²) in [5.74, 6) is -0.331. The summed E-state index contributed by atoms with van der Waals surface area (Å²) in [4.78, 5) is 12.3. The molecule has 0 fully saturated rings. The maximum atomic E-state index is 12.3. The number of unbranched alkanes of at least 4 members (excludes halogenated alkanes) is 3. The van der Waals surface area contributed by atoms with Gasteiger partial charge in [-0.2, -0.15) is 0 Å². The Morgan fingerprint density at radius 1 is 1.08 bits per heavy atom. The standard InChI is InChI=1S/C21H29BrN2O/c1-4-6-8-9-18-20(16-10-12-17(22)13-11-16)19(21(23)25)15(3)24(18)14-7-5-2/h10-13H,4-9,14H2,1-3H3,(H2,23,25). The van der Waals surface area contributed by atoms with Crippen molar-refractivity contribution in [1.29, 1.82) is 0 Å². The third-order valence-corrected chi connectivity index (χ3v) is 5.29. The topological polar surface area (TPSA) is 48.0 Å². The number of carbonyl (C=O) groups excluding carboxylic acids is 1. The quantitative estimate of drug-likeness (QED) is 0.522. The van der Waals surface area contributed by atoms with Gasteiger partial charge in [-0.05, 0) is 43.9 Å². The van der Waals surface area contributed by atoms with Crippen LogP contribution in [0.1, 0.15) is 67.7 Å². The van der Waals surface area contributed by atoms with E-state index in [4.69, 9.17) is 5.73 Å². The number of hydrogen-bond acceptors (Lipinski definition) is 1. The molecule has 1 aromatic heterocycles. The first-order valence-corrected chi connectivity index (χ1v) is 10.1. The van der Waals surface area contributed by atoms with Crippen LogP contribution in [0, 0.1) is 6.92 Å². The van der Waals surface area contributed by atoms with Crippen LogP contribution in [0.4, 0.5) is 0 Å². The molecule has 0 saturated heterocycles. The average molecular weight is 405 g/mol. The fourth-order valence-electron chi connectivity index (χ4n) is 3.45. The molecule has 2 rings (SSSR count). The van der Waals surface area contributed by atoms with Crippen LogP contribution in [-0.2, 0) is 13.0 Å². The van der Waals surface area contributed by atoms with E-state index < -0.39 is 0 Å². The van der Waals surface area contributed by atoms with Gasteiger partial charge in [0.25, 0.3) is 5.91 Å². The normalized spacial score (nSPS) is 11.0. The van der Waals surface area contributed by atoms with Gasteiger partial charge in [-0.3, -0.25) is 4.79 Å². The summed E-state index contributed by atoms with van der Waals surface area (Å²) in [5, 5.41) is 0. The van der Waals surface area contributed by atoms with Crippen LogP contribution >= 0.6 is 15.9 Å². The van der Waals surface area contributed by atoms with Crippen molar-refractivity contribution in [3.05, 3.63) is 45.7 Å². The number of halogens is 1. The fourth-order valence-corrected chi connectivity index (χ4v) is 3.71. The third-order valence-electron chi connectivity index (χ3n) is 4.76. The highest BCUT2D eigenvalue weighted by molar-refractivity contribution is 9.10. The van der Waals surface area contributed by atoms with Crippen molar-refractivity contribution in [2.24, 2.45) is 5.73 Å². The summed E-state index contributed by atoms with van der Waals surface area (Å²) in [6.45, 7) is 7.38. The van der Waals surface area contributed by atoms with Crippen molar-refractivity contribution in [2.45, 2.75) is 65.8 Å². The molecule has 136 valence electrons. The van der Waals surface area contributed by atoms with Gasteiger partial charge in [0.2, 0.25) is 0 Å². The Labute approximate surface area is 159 Å². The minimum absolute atomic E-state index is 0.331. The zero-order valence-corrected chi connectivity index (χ0v) is 17.2. The number of nitrogens with zero attached hydrogens (tertiary/aromatic N) is 1. The SMILES string of the molecule is CCCCCc1c(-c2ccc(Br)cc2)c(C(N)=O)c(C)n1CCCC. The predicted octanol–water partition coefficient (Wildman–Crippen LogP) is 5.86. The van der Waals surface area contributed by atoms with E-state index in [-0.39, 0.29) is 5.91 Å². The van der Waals surface area contributed by atoms with Crippen LogP contribution < -0.4 is 5.73 Å². The number of primary amides is 1. The highest BCUT2D eigenvalue weighted by atomic mass is 79.9. The number of nitrogens with two attached hydrogens (primary N) is 1.